The Morgan fingerprint density at radius 2 is 1.71 bits per heavy atom. The van der Waals surface area contributed by atoms with E-state index in [0.29, 0.717) is 13.0 Å². The van der Waals surface area contributed by atoms with Crippen molar-refractivity contribution in [3.8, 4) is 0 Å². The fourth-order valence-corrected chi connectivity index (χ4v) is 3.59. The Morgan fingerprint density at radius 3 is 2.24 bits per heavy atom. The summed E-state index contributed by atoms with van der Waals surface area (Å²) in [6.45, 7) is 0.516. The second-order valence-electron chi connectivity index (χ2n) is 5.61. The lowest BCUT2D eigenvalue weighted by atomic mass is 9.98. The van der Waals surface area contributed by atoms with Crippen molar-refractivity contribution in [2.24, 2.45) is 0 Å². The molecule has 4 unspecified atom stereocenters. The van der Waals surface area contributed by atoms with E-state index in [-0.39, 0.29) is 30.1 Å². The second kappa shape index (κ2) is 4.23. The molecule has 0 aromatic heterocycles. The number of nitrogens with zero attached hydrogens (tertiary/aromatic N) is 1. The van der Waals surface area contributed by atoms with Gasteiger partial charge in [-0.2, -0.15) is 0 Å². The van der Waals surface area contributed by atoms with Gasteiger partial charge in [-0.05, 0) is 32.1 Å². The standard InChI is InChI=1S/C12H20N2O3/c15-9-3-7-1-2-8(4-9)14(7)12(17)11-5-10(16)6-13-11/h7-11,13,15-16H,1-6H2. The van der Waals surface area contributed by atoms with Crippen molar-refractivity contribution >= 4 is 5.91 Å². The molecule has 4 atom stereocenters. The van der Waals surface area contributed by atoms with Gasteiger partial charge >= 0.3 is 0 Å². The van der Waals surface area contributed by atoms with E-state index in [1.807, 2.05) is 4.90 Å². The van der Waals surface area contributed by atoms with Crippen LogP contribution in [0.4, 0.5) is 0 Å². The first-order valence-electron chi connectivity index (χ1n) is 6.57. The molecule has 1 amide bonds. The Morgan fingerprint density at radius 1 is 1.06 bits per heavy atom. The minimum absolute atomic E-state index is 0.126. The van der Waals surface area contributed by atoms with Crippen molar-refractivity contribution in [1.82, 2.24) is 10.2 Å². The lowest BCUT2D eigenvalue weighted by molar-refractivity contribution is -0.139. The third kappa shape index (κ3) is 1.96. The van der Waals surface area contributed by atoms with Gasteiger partial charge in [0.05, 0.1) is 18.2 Å². The Labute approximate surface area is 101 Å². The van der Waals surface area contributed by atoms with E-state index in [2.05, 4.69) is 5.32 Å². The van der Waals surface area contributed by atoms with Crippen LogP contribution in [0.2, 0.25) is 0 Å². The number of hydrogen-bond donors (Lipinski definition) is 3. The first-order chi connectivity index (χ1) is 8.15. The average Bonchev–Trinajstić information content (AvgIpc) is 2.81. The zero-order chi connectivity index (χ0) is 12.0. The van der Waals surface area contributed by atoms with Gasteiger partial charge in [-0.15, -0.1) is 0 Å². The molecule has 0 saturated carbocycles. The number of carbonyl (C=O) groups excluding carboxylic acids is 1. The molecular formula is C12H20N2O3. The highest BCUT2D eigenvalue weighted by Gasteiger charge is 2.45. The van der Waals surface area contributed by atoms with E-state index in [0.717, 1.165) is 25.7 Å². The van der Waals surface area contributed by atoms with Gasteiger partial charge in [0.2, 0.25) is 5.91 Å². The highest BCUT2D eigenvalue weighted by molar-refractivity contribution is 5.83. The number of amides is 1. The van der Waals surface area contributed by atoms with Gasteiger partial charge in [-0.1, -0.05) is 0 Å². The Bertz CT molecular complexity index is 309. The first kappa shape index (κ1) is 11.4. The van der Waals surface area contributed by atoms with Crippen LogP contribution in [0.1, 0.15) is 32.1 Å². The quantitative estimate of drug-likeness (QED) is 0.562. The maximum atomic E-state index is 12.4. The van der Waals surface area contributed by atoms with Crippen molar-refractivity contribution in [2.45, 2.75) is 62.4 Å². The summed E-state index contributed by atoms with van der Waals surface area (Å²) < 4.78 is 0. The van der Waals surface area contributed by atoms with E-state index in [4.69, 9.17) is 0 Å². The van der Waals surface area contributed by atoms with Crippen molar-refractivity contribution in [2.75, 3.05) is 6.54 Å². The molecule has 2 bridgehead atoms. The summed E-state index contributed by atoms with van der Waals surface area (Å²) >= 11 is 0. The summed E-state index contributed by atoms with van der Waals surface area (Å²) in [6.07, 6.45) is 3.37. The number of aliphatic hydroxyl groups is 2. The normalized spacial score (nSPS) is 45.3. The molecule has 3 saturated heterocycles. The highest BCUT2D eigenvalue weighted by atomic mass is 16.3. The molecule has 3 N–H and O–H groups in total. The lowest BCUT2D eigenvalue weighted by Gasteiger charge is -2.38. The maximum absolute atomic E-state index is 12.4. The Hall–Kier alpha value is -0.650. The SMILES string of the molecule is O=C(C1CC(O)CN1)N1C2CCC1CC(O)C2. The molecule has 0 aromatic carbocycles. The third-order valence-electron chi connectivity index (χ3n) is 4.37. The van der Waals surface area contributed by atoms with Gasteiger partial charge in [0, 0.05) is 18.6 Å². The summed E-state index contributed by atoms with van der Waals surface area (Å²) in [6, 6.07) is 0.218. The van der Waals surface area contributed by atoms with Crippen LogP contribution < -0.4 is 5.32 Å². The van der Waals surface area contributed by atoms with Gasteiger partial charge < -0.3 is 20.4 Å². The summed E-state index contributed by atoms with van der Waals surface area (Å²) in [5.41, 5.74) is 0. The molecule has 0 aliphatic carbocycles. The van der Waals surface area contributed by atoms with E-state index in [1.165, 1.54) is 0 Å². The van der Waals surface area contributed by atoms with Crippen molar-refractivity contribution in [3.05, 3.63) is 0 Å². The van der Waals surface area contributed by atoms with E-state index in [1.54, 1.807) is 0 Å². The molecule has 17 heavy (non-hydrogen) atoms. The molecular weight excluding hydrogens is 220 g/mol. The molecule has 3 fully saturated rings. The van der Waals surface area contributed by atoms with Crippen LogP contribution in [0, 0.1) is 0 Å². The zero-order valence-corrected chi connectivity index (χ0v) is 9.88. The van der Waals surface area contributed by atoms with E-state index >= 15 is 0 Å². The smallest absolute Gasteiger partial charge is 0.240 e. The van der Waals surface area contributed by atoms with Gasteiger partial charge in [0.25, 0.3) is 0 Å². The number of β-amino-alcohol motifs (C(OH)–C–C–N with tert-alkyl or cyclic N) is 1. The molecule has 0 radical (unpaired) electrons. The largest absolute Gasteiger partial charge is 0.393 e. The minimum atomic E-state index is -0.392. The average molecular weight is 240 g/mol. The summed E-state index contributed by atoms with van der Waals surface area (Å²) in [7, 11) is 0. The fourth-order valence-electron chi connectivity index (χ4n) is 3.59. The number of nitrogens with one attached hydrogen (secondary N) is 1. The summed E-state index contributed by atoms with van der Waals surface area (Å²) in [4.78, 5) is 14.4. The molecule has 0 aromatic rings. The maximum Gasteiger partial charge on any atom is 0.240 e. The monoisotopic (exact) mass is 240 g/mol. The fraction of sp³-hybridized carbons (Fsp3) is 0.917. The number of rotatable bonds is 1. The second-order valence-corrected chi connectivity index (χ2v) is 5.61. The van der Waals surface area contributed by atoms with Crippen molar-refractivity contribution < 1.29 is 15.0 Å². The molecule has 3 heterocycles. The minimum Gasteiger partial charge on any atom is -0.393 e. The Kier molecular flexibility index (Phi) is 2.84. The number of aliphatic hydroxyl groups excluding tert-OH is 2. The molecule has 5 heteroatoms. The molecule has 3 rings (SSSR count). The van der Waals surface area contributed by atoms with Crippen LogP contribution >= 0.6 is 0 Å². The van der Waals surface area contributed by atoms with Crippen molar-refractivity contribution in [3.63, 3.8) is 0 Å². The van der Waals surface area contributed by atoms with Gasteiger partial charge in [0.15, 0.2) is 0 Å². The third-order valence-corrected chi connectivity index (χ3v) is 4.37. The van der Waals surface area contributed by atoms with Crippen molar-refractivity contribution in [1.29, 1.82) is 0 Å². The van der Waals surface area contributed by atoms with E-state index < -0.39 is 6.10 Å². The zero-order valence-electron chi connectivity index (χ0n) is 9.88. The van der Waals surface area contributed by atoms with Crippen LogP contribution in [0.3, 0.4) is 0 Å². The molecule has 3 aliphatic heterocycles. The first-order valence-corrected chi connectivity index (χ1v) is 6.57. The lowest BCUT2D eigenvalue weighted by Crippen LogP contribution is -2.53. The van der Waals surface area contributed by atoms with E-state index in [9.17, 15) is 15.0 Å². The van der Waals surface area contributed by atoms with Gasteiger partial charge in [0.1, 0.15) is 0 Å². The number of fused-ring (bicyclic) bond motifs is 2. The van der Waals surface area contributed by atoms with Crippen LogP contribution in [0.25, 0.3) is 0 Å². The topological polar surface area (TPSA) is 72.8 Å². The van der Waals surface area contributed by atoms with Crippen LogP contribution in [-0.4, -0.2) is 57.9 Å². The van der Waals surface area contributed by atoms with Crippen LogP contribution in [0.15, 0.2) is 0 Å². The number of piperidine rings is 1. The van der Waals surface area contributed by atoms with Gasteiger partial charge in [-0.3, -0.25) is 4.79 Å². The highest BCUT2D eigenvalue weighted by Crippen LogP contribution is 2.36. The number of hydrogen-bond acceptors (Lipinski definition) is 4. The predicted molar refractivity (Wildman–Crippen MR) is 61.3 cm³/mol. The Balaban J connectivity index is 1.70. The molecule has 5 nitrogen and oxygen atoms in total. The number of carbonyl (C=O) groups is 1. The molecule has 96 valence electrons. The summed E-state index contributed by atoms with van der Waals surface area (Å²) in [5, 5.41) is 22.2. The molecule has 3 aliphatic rings. The van der Waals surface area contributed by atoms with Crippen LogP contribution in [-0.2, 0) is 4.79 Å². The predicted octanol–water partition coefficient (Wildman–Crippen LogP) is -0.776. The summed E-state index contributed by atoms with van der Waals surface area (Å²) in [5.74, 6) is 0.126. The van der Waals surface area contributed by atoms with Gasteiger partial charge in [-0.25, -0.2) is 0 Å². The van der Waals surface area contributed by atoms with Crippen LogP contribution in [0.5, 0.6) is 0 Å². The molecule has 0 spiro atoms.